The summed E-state index contributed by atoms with van der Waals surface area (Å²) < 4.78 is 28.0. The van der Waals surface area contributed by atoms with Gasteiger partial charge in [-0.05, 0) is 48.8 Å². The average molecular weight is 377 g/mol. The molecule has 0 radical (unpaired) electrons. The predicted octanol–water partition coefficient (Wildman–Crippen LogP) is 4.15. The van der Waals surface area contributed by atoms with E-state index in [2.05, 4.69) is 16.9 Å². The highest BCUT2D eigenvalue weighted by atomic mass is 35.5. The van der Waals surface area contributed by atoms with Gasteiger partial charge in [0.05, 0.1) is 10.7 Å². The molecule has 3 nitrogen and oxygen atoms in total. The molecular weight excluding hydrogens is 358 g/mol. The van der Waals surface area contributed by atoms with E-state index in [0.29, 0.717) is 16.2 Å². The van der Waals surface area contributed by atoms with Crippen molar-refractivity contribution in [3.8, 4) is 0 Å². The molecule has 0 aliphatic carbocycles. The number of allylic oxidation sites excluding steroid dienone is 2. The first-order valence-corrected chi connectivity index (χ1v) is 8.43. The summed E-state index contributed by atoms with van der Waals surface area (Å²) in [5.41, 5.74) is 0.786. The summed E-state index contributed by atoms with van der Waals surface area (Å²) in [6.45, 7) is 7.08. The first kappa shape index (κ1) is 19.7. The largest absolute Gasteiger partial charge is 0.360 e. The summed E-state index contributed by atoms with van der Waals surface area (Å²) in [6.07, 6.45) is 8.98. The predicted molar refractivity (Wildman–Crippen MR) is 103 cm³/mol. The number of halogens is 3. The quantitative estimate of drug-likeness (QED) is 0.757. The molecule has 0 bridgehead atoms. The number of nitrogens with one attached hydrogen (secondary N) is 2. The Morgan fingerprint density at radius 1 is 1.38 bits per heavy atom. The molecule has 0 aliphatic rings. The van der Waals surface area contributed by atoms with Crippen LogP contribution in [0.3, 0.4) is 0 Å². The van der Waals surface area contributed by atoms with E-state index in [1.807, 2.05) is 13.0 Å². The molecule has 136 valence electrons. The van der Waals surface area contributed by atoms with Crippen molar-refractivity contribution in [2.75, 3.05) is 5.32 Å². The van der Waals surface area contributed by atoms with Crippen molar-refractivity contribution in [3.63, 3.8) is 0 Å². The van der Waals surface area contributed by atoms with Crippen molar-refractivity contribution in [3.05, 3.63) is 69.8 Å². The molecule has 1 aromatic heterocycles. The molecule has 2 N–H and O–H groups in total. The highest BCUT2D eigenvalue weighted by Crippen LogP contribution is 2.25. The van der Waals surface area contributed by atoms with Gasteiger partial charge in [0, 0.05) is 16.8 Å². The minimum atomic E-state index is -1.13. The van der Waals surface area contributed by atoms with Crippen molar-refractivity contribution in [1.29, 1.82) is 0 Å². The Bertz CT molecular complexity index is 990. The Labute approximate surface area is 155 Å². The second-order valence-electron chi connectivity index (χ2n) is 5.48. The minimum absolute atomic E-state index is 0.252. The topological polar surface area (TPSA) is 44.9 Å². The molecule has 2 aromatic rings. The summed E-state index contributed by atoms with van der Waals surface area (Å²) in [6, 6.07) is 2.45. The number of amides is 1. The number of H-pyrrole nitrogens is 1. The van der Waals surface area contributed by atoms with E-state index < -0.39 is 17.5 Å². The highest BCUT2D eigenvalue weighted by molar-refractivity contribution is 6.30. The second-order valence-corrected chi connectivity index (χ2v) is 5.88. The van der Waals surface area contributed by atoms with E-state index in [4.69, 9.17) is 11.6 Å². The minimum Gasteiger partial charge on any atom is -0.360 e. The van der Waals surface area contributed by atoms with Gasteiger partial charge in [0.15, 0.2) is 11.6 Å². The van der Waals surface area contributed by atoms with Crippen molar-refractivity contribution < 1.29 is 13.6 Å². The lowest BCUT2D eigenvalue weighted by Gasteiger charge is -2.09. The van der Waals surface area contributed by atoms with Gasteiger partial charge in [0.2, 0.25) is 5.91 Å². The van der Waals surface area contributed by atoms with Gasteiger partial charge >= 0.3 is 0 Å². The summed E-state index contributed by atoms with van der Waals surface area (Å²) in [5.74, 6) is -2.81. The Kier molecular flexibility index (Phi) is 6.52. The zero-order valence-electron chi connectivity index (χ0n) is 14.5. The molecule has 2 rings (SSSR count). The number of hydrogen-bond acceptors (Lipinski definition) is 1. The van der Waals surface area contributed by atoms with Gasteiger partial charge in [-0.1, -0.05) is 37.3 Å². The molecule has 26 heavy (non-hydrogen) atoms. The number of aromatic amines is 1. The van der Waals surface area contributed by atoms with Crippen LogP contribution in [0.5, 0.6) is 0 Å². The zero-order valence-corrected chi connectivity index (χ0v) is 15.3. The summed E-state index contributed by atoms with van der Waals surface area (Å²) in [7, 11) is 0. The molecule has 0 unspecified atom stereocenters. The lowest BCUT2D eigenvalue weighted by molar-refractivity contribution is -0.111. The number of carbonyl (C=O) groups is 1. The van der Waals surface area contributed by atoms with Crippen LogP contribution < -0.4 is 15.9 Å². The fourth-order valence-electron chi connectivity index (χ4n) is 2.46. The Balaban J connectivity index is 2.61. The van der Waals surface area contributed by atoms with E-state index in [1.54, 1.807) is 25.3 Å². The molecule has 1 amide bonds. The third kappa shape index (κ3) is 4.29. The normalized spacial score (nSPS) is 13.2. The van der Waals surface area contributed by atoms with Crippen LogP contribution in [0.4, 0.5) is 14.5 Å². The Morgan fingerprint density at radius 3 is 2.73 bits per heavy atom. The maximum absolute atomic E-state index is 14.0. The molecule has 0 saturated heterocycles. The lowest BCUT2D eigenvalue weighted by atomic mass is 10.0. The van der Waals surface area contributed by atoms with Gasteiger partial charge in [0.25, 0.3) is 0 Å². The van der Waals surface area contributed by atoms with E-state index >= 15 is 0 Å². The van der Waals surface area contributed by atoms with Crippen LogP contribution in [-0.4, -0.2) is 10.9 Å². The lowest BCUT2D eigenvalue weighted by Crippen LogP contribution is -2.23. The third-order valence-corrected chi connectivity index (χ3v) is 4.04. The monoisotopic (exact) mass is 376 g/mol. The van der Waals surface area contributed by atoms with Crippen LogP contribution in [0, 0.1) is 11.6 Å². The van der Waals surface area contributed by atoms with Crippen LogP contribution in [-0.2, 0) is 4.79 Å². The molecule has 1 heterocycles. The molecule has 1 aromatic carbocycles. The number of anilines is 1. The van der Waals surface area contributed by atoms with E-state index in [9.17, 15) is 13.6 Å². The number of rotatable bonds is 5. The van der Waals surface area contributed by atoms with Gasteiger partial charge in [-0.2, -0.15) is 0 Å². The number of benzene rings is 1. The molecule has 0 aliphatic heterocycles. The van der Waals surface area contributed by atoms with Crippen LogP contribution in [0.1, 0.15) is 25.8 Å². The standard InChI is InChI=1S/C20H19ClF2N2O/c1-4-7-17-14(15(21)11-24-17)8-12(5-2)13-9-16(22)20(23)18(10-13)25-19(26)6-3/h5-11,24H,3-4H2,1-2H3,(H,25,26)/b12-5+,14-8-,17-7-. The summed E-state index contributed by atoms with van der Waals surface area (Å²) in [4.78, 5) is 14.5. The fraction of sp³-hybridized carbons (Fsp3) is 0.150. The van der Waals surface area contributed by atoms with Crippen molar-refractivity contribution in [2.24, 2.45) is 0 Å². The third-order valence-electron chi connectivity index (χ3n) is 3.73. The van der Waals surface area contributed by atoms with E-state index in [0.717, 1.165) is 29.1 Å². The van der Waals surface area contributed by atoms with Crippen LogP contribution >= 0.6 is 11.6 Å². The highest BCUT2D eigenvalue weighted by Gasteiger charge is 2.14. The van der Waals surface area contributed by atoms with Gasteiger partial charge in [-0.15, -0.1) is 0 Å². The van der Waals surface area contributed by atoms with Gasteiger partial charge in [-0.3, -0.25) is 4.79 Å². The number of aromatic nitrogens is 1. The zero-order chi connectivity index (χ0) is 19.3. The van der Waals surface area contributed by atoms with Crippen LogP contribution in [0.15, 0.2) is 37.1 Å². The first-order chi connectivity index (χ1) is 12.4. The smallest absolute Gasteiger partial charge is 0.247 e. The van der Waals surface area contributed by atoms with Crippen LogP contribution in [0.2, 0.25) is 5.02 Å². The molecule has 0 atom stereocenters. The van der Waals surface area contributed by atoms with E-state index in [1.165, 1.54) is 6.07 Å². The Hall–Kier alpha value is -2.66. The van der Waals surface area contributed by atoms with Crippen LogP contribution in [0.25, 0.3) is 17.7 Å². The summed E-state index contributed by atoms with van der Waals surface area (Å²) >= 11 is 6.23. The van der Waals surface area contributed by atoms with Gasteiger partial charge < -0.3 is 10.3 Å². The molecule has 6 heteroatoms. The molecular formula is C20H19ClF2N2O. The number of hydrogen-bond donors (Lipinski definition) is 2. The Morgan fingerprint density at radius 2 is 2.12 bits per heavy atom. The second kappa shape index (κ2) is 8.63. The van der Waals surface area contributed by atoms with Gasteiger partial charge in [-0.25, -0.2) is 8.78 Å². The molecule has 0 fully saturated rings. The molecule has 0 spiro atoms. The maximum atomic E-state index is 14.0. The fourth-order valence-corrected chi connectivity index (χ4v) is 2.68. The first-order valence-electron chi connectivity index (χ1n) is 8.05. The number of carbonyl (C=O) groups excluding carboxylic acids is 1. The average Bonchev–Trinajstić information content (AvgIpc) is 2.96. The summed E-state index contributed by atoms with van der Waals surface area (Å²) in [5, 5.41) is 4.39. The molecule has 0 saturated carbocycles. The van der Waals surface area contributed by atoms with Gasteiger partial charge in [0.1, 0.15) is 0 Å². The SMILES string of the molecule is C=CC(=O)Nc1cc(C(=C/C)/C=c2/c(Cl)c[nH]/c2=C\CC)cc(F)c1F. The maximum Gasteiger partial charge on any atom is 0.247 e. The van der Waals surface area contributed by atoms with Crippen molar-refractivity contribution in [1.82, 2.24) is 4.98 Å². The van der Waals surface area contributed by atoms with Crippen molar-refractivity contribution >= 4 is 40.9 Å². The van der Waals surface area contributed by atoms with E-state index in [-0.39, 0.29) is 5.69 Å². The van der Waals surface area contributed by atoms with Crippen molar-refractivity contribution in [2.45, 2.75) is 20.3 Å².